The van der Waals surface area contributed by atoms with Crippen molar-refractivity contribution >= 4 is 28.1 Å². The summed E-state index contributed by atoms with van der Waals surface area (Å²) < 4.78 is 17.4. The van der Waals surface area contributed by atoms with Gasteiger partial charge in [0.15, 0.2) is 0 Å². The summed E-state index contributed by atoms with van der Waals surface area (Å²) in [5, 5.41) is 8.85. The second-order valence-corrected chi connectivity index (χ2v) is 6.30. The lowest BCUT2D eigenvalue weighted by Gasteiger charge is -2.06. The van der Waals surface area contributed by atoms with Crippen molar-refractivity contribution in [2.24, 2.45) is 0 Å². The molecule has 1 heterocycles. The molecule has 1 aromatic carbocycles. The van der Waals surface area contributed by atoms with E-state index in [1.807, 2.05) is 6.07 Å². The van der Waals surface area contributed by atoms with E-state index in [4.69, 9.17) is 9.84 Å². The van der Waals surface area contributed by atoms with Gasteiger partial charge in [0.2, 0.25) is 0 Å². The number of carboxylic acids is 1. The fraction of sp³-hybridized carbons (Fsp3) is 0.154. The van der Waals surface area contributed by atoms with E-state index >= 15 is 0 Å². The number of ether oxygens (including phenoxy) is 1. The highest BCUT2D eigenvalue weighted by Gasteiger charge is 2.13. The molecule has 0 aliphatic carbocycles. The molecule has 0 fully saturated rings. The largest absolute Gasteiger partial charge is 0.495 e. The fourth-order valence-electron chi connectivity index (χ4n) is 1.58. The zero-order valence-corrected chi connectivity index (χ0v) is 11.8. The second kappa shape index (κ2) is 5.99. The van der Waals surface area contributed by atoms with Gasteiger partial charge in [0.05, 0.1) is 28.6 Å². The monoisotopic (exact) mass is 296 g/mol. The van der Waals surface area contributed by atoms with Crippen molar-refractivity contribution < 1.29 is 18.8 Å². The Bertz CT molecular complexity index is 619. The van der Waals surface area contributed by atoms with Crippen LogP contribution in [0.1, 0.15) is 14.5 Å². The van der Waals surface area contributed by atoms with Crippen LogP contribution in [0, 0.1) is 0 Å². The van der Waals surface area contributed by atoms with E-state index in [0.29, 0.717) is 10.6 Å². The summed E-state index contributed by atoms with van der Waals surface area (Å²) in [6.07, 6.45) is 0. The zero-order chi connectivity index (χ0) is 13.8. The van der Waals surface area contributed by atoms with Crippen LogP contribution in [-0.2, 0) is 16.6 Å². The number of hydrogen-bond donors (Lipinski definition) is 1. The van der Waals surface area contributed by atoms with Gasteiger partial charge < -0.3 is 9.84 Å². The standard InChI is InChI=1S/C13H12O4S2/c1-17-10-4-2-3-5-12(10)19(16)8-9-6-7-11(18-9)13(14)15/h2-7H,8H2,1H3,(H,14,15). The maximum atomic E-state index is 12.3. The third-order valence-corrected chi connectivity index (χ3v) is 5.12. The van der Waals surface area contributed by atoms with Crippen LogP contribution in [0.5, 0.6) is 5.75 Å². The van der Waals surface area contributed by atoms with Gasteiger partial charge in [-0.05, 0) is 24.3 Å². The third-order valence-electron chi connectivity index (χ3n) is 2.46. The summed E-state index contributed by atoms with van der Waals surface area (Å²) in [6.45, 7) is 0. The molecule has 0 saturated carbocycles. The van der Waals surface area contributed by atoms with Crippen molar-refractivity contribution in [2.75, 3.05) is 7.11 Å². The Morgan fingerprint density at radius 2 is 2.05 bits per heavy atom. The molecular weight excluding hydrogens is 284 g/mol. The quantitative estimate of drug-likeness (QED) is 0.921. The summed E-state index contributed by atoms with van der Waals surface area (Å²) in [5.74, 6) is -0.0895. The summed E-state index contributed by atoms with van der Waals surface area (Å²) >= 11 is 1.14. The molecule has 0 bridgehead atoms. The molecule has 1 atom stereocenters. The van der Waals surface area contributed by atoms with Gasteiger partial charge in [-0.3, -0.25) is 4.21 Å². The lowest BCUT2D eigenvalue weighted by Crippen LogP contribution is -1.98. The van der Waals surface area contributed by atoms with Gasteiger partial charge in [-0.25, -0.2) is 4.79 Å². The van der Waals surface area contributed by atoms with Gasteiger partial charge in [-0.2, -0.15) is 0 Å². The molecule has 2 rings (SSSR count). The van der Waals surface area contributed by atoms with Crippen LogP contribution in [0.4, 0.5) is 0 Å². The van der Waals surface area contributed by atoms with Crippen LogP contribution in [0.25, 0.3) is 0 Å². The van der Waals surface area contributed by atoms with Crippen molar-refractivity contribution in [3.8, 4) is 5.75 Å². The molecule has 1 aromatic heterocycles. The minimum absolute atomic E-state index is 0.257. The van der Waals surface area contributed by atoms with Crippen LogP contribution in [0.15, 0.2) is 41.3 Å². The molecule has 0 spiro atoms. The van der Waals surface area contributed by atoms with Crippen LogP contribution in [-0.4, -0.2) is 22.4 Å². The molecule has 0 saturated heterocycles. The highest BCUT2D eigenvalue weighted by molar-refractivity contribution is 7.84. The minimum atomic E-state index is -1.25. The predicted octanol–water partition coefficient (Wildman–Crippen LogP) is 2.76. The van der Waals surface area contributed by atoms with Crippen molar-refractivity contribution in [2.45, 2.75) is 10.6 Å². The van der Waals surface area contributed by atoms with Crippen molar-refractivity contribution in [1.29, 1.82) is 0 Å². The number of aromatic carboxylic acids is 1. The van der Waals surface area contributed by atoms with Gasteiger partial charge in [-0.1, -0.05) is 12.1 Å². The Kier molecular flexibility index (Phi) is 4.34. The van der Waals surface area contributed by atoms with Crippen LogP contribution in [0.3, 0.4) is 0 Å². The highest BCUT2D eigenvalue weighted by atomic mass is 32.2. The lowest BCUT2D eigenvalue weighted by atomic mass is 10.3. The van der Waals surface area contributed by atoms with Gasteiger partial charge >= 0.3 is 5.97 Å². The topological polar surface area (TPSA) is 63.6 Å². The Labute approximate surface area is 117 Å². The molecule has 0 radical (unpaired) electrons. The third kappa shape index (κ3) is 3.21. The van der Waals surface area contributed by atoms with E-state index < -0.39 is 16.8 Å². The first-order valence-electron chi connectivity index (χ1n) is 5.45. The van der Waals surface area contributed by atoms with E-state index in [0.717, 1.165) is 16.2 Å². The SMILES string of the molecule is COc1ccccc1S(=O)Cc1ccc(C(=O)O)s1. The number of carboxylic acid groups (broad SMARTS) is 1. The first-order valence-corrected chi connectivity index (χ1v) is 7.58. The van der Waals surface area contributed by atoms with Gasteiger partial charge in [0, 0.05) is 4.88 Å². The predicted molar refractivity (Wildman–Crippen MR) is 74.4 cm³/mol. The molecule has 0 aliphatic rings. The molecule has 4 nitrogen and oxygen atoms in total. The highest BCUT2D eigenvalue weighted by Crippen LogP contribution is 2.25. The average Bonchev–Trinajstić information content (AvgIpc) is 2.87. The normalized spacial score (nSPS) is 12.1. The van der Waals surface area contributed by atoms with Crippen molar-refractivity contribution in [1.82, 2.24) is 0 Å². The zero-order valence-electron chi connectivity index (χ0n) is 10.2. The summed E-state index contributed by atoms with van der Waals surface area (Å²) in [6, 6.07) is 10.3. The number of carbonyl (C=O) groups is 1. The molecule has 6 heteroatoms. The maximum absolute atomic E-state index is 12.3. The molecule has 100 valence electrons. The Morgan fingerprint density at radius 3 is 2.68 bits per heavy atom. The fourth-order valence-corrected chi connectivity index (χ4v) is 3.90. The van der Waals surface area contributed by atoms with E-state index in [1.54, 1.807) is 24.3 Å². The Balaban J connectivity index is 2.18. The molecular formula is C13H12O4S2. The van der Waals surface area contributed by atoms with E-state index in [1.165, 1.54) is 13.2 Å². The van der Waals surface area contributed by atoms with Crippen LogP contribution >= 0.6 is 11.3 Å². The Morgan fingerprint density at radius 1 is 1.32 bits per heavy atom. The number of rotatable bonds is 5. The van der Waals surface area contributed by atoms with Crippen molar-refractivity contribution in [3.63, 3.8) is 0 Å². The summed E-state index contributed by atoms with van der Waals surface area (Å²) in [7, 11) is 0.278. The van der Waals surface area contributed by atoms with Crippen LogP contribution < -0.4 is 4.74 Å². The molecule has 1 unspecified atom stereocenters. The number of benzene rings is 1. The van der Waals surface area contributed by atoms with E-state index in [2.05, 4.69) is 0 Å². The maximum Gasteiger partial charge on any atom is 0.345 e. The average molecular weight is 296 g/mol. The second-order valence-electron chi connectivity index (χ2n) is 3.71. The van der Waals surface area contributed by atoms with Gasteiger partial charge in [-0.15, -0.1) is 11.3 Å². The first-order chi connectivity index (χ1) is 9.11. The van der Waals surface area contributed by atoms with Gasteiger partial charge in [0.25, 0.3) is 0 Å². The molecule has 19 heavy (non-hydrogen) atoms. The summed E-state index contributed by atoms with van der Waals surface area (Å²) in [5.41, 5.74) is 0. The van der Waals surface area contributed by atoms with Gasteiger partial charge in [0.1, 0.15) is 10.6 Å². The first kappa shape index (κ1) is 13.8. The smallest absolute Gasteiger partial charge is 0.345 e. The number of para-hydroxylation sites is 1. The molecule has 0 amide bonds. The molecule has 0 aliphatic heterocycles. The molecule has 2 aromatic rings. The number of hydrogen-bond acceptors (Lipinski definition) is 4. The minimum Gasteiger partial charge on any atom is -0.495 e. The van der Waals surface area contributed by atoms with E-state index in [9.17, 15) is 9.00 Å². The number of thiophene rings is 1. The number of methoxy groups -OCH3 is 1. The molecule has 1 N–H and O–H groups in total. The van der Waals surface area contributed by atoms with Crippen molar-refractivity contribution in [3.05, 3.63) is 46.2 Å². The van der Waals surface area contributed by atoms with Crippen LogP contribution in [0.2, 0.25) is 0 Å². The lowest BCUT2D eigenvalue weighted by molar-refractivity contribution is 0.0702. The van der Waals surface area contributed by atoms with E-state index in [-0.39, 0.29) is 10.6 Å². The summed E-state index contributed by atoms with van der Waals surface area (Å²) in [4.78, 5) is 12.4. The Hall–Kier alpha value is -1.66.